The SMILES string of the molecule is CC(N)c1ccc(Br)cc1-n1cnc(C#N)n1. The standard InChI is InChI=1S/C11H10BrN5/c1-7(14)9-3-2-8(12)4-10(9)17-6-15-11(5-13)16-17/h2-4,6-7H,14H2,1H3. The Bertz CT molecular complexity index is 582. The second-order valence-corrected chi connectivity index (χ2v) is 4.53. The first-order valence-electron chi connectivity index (χ1n) is 4.99. The zero-order valence-corrected chi connectivity index (χ0v) is 10.7. The molecule has 2 N–H and O–H groups in total. The van der Waals surface area contributed by atoms with Gasteiger partial charge in [0, 0.05) is 10.5 Å². The Balaban J connectivity index is 2.57. The fourth-order valence-corrected chi connectivity index (χ4v) is 1.88. The number of aromatic nitrogens is 3. The van der Waals surface area contributed by atoms with Crippen molar-refractivity contribution in [1.29, 1.82) is 5.26 Å². The topological polar surface area (TPSA) is 80.5 Å². The van der Waals surface area contributed by atoms with Crippen LogP contribution in [0.4, 0.5) is 0 Å². The van der Waals surface area contributed by atoms with E-state index >= 15 is 0 Å². The van der Waals surface area contributed by atoms with Gasteiger partial charge in [0.2, 0.25) is 0 Å². The molecule has 0 radical (unpaired) electrons. The van der Waals surface area contributed by atoms with Crippen molar-refractivity contribution in [2.45, 2.75) is 13.0 Å². The van der Waals surface area contributed by atoms with E-state index in [0.29, 0.717) is 0 Å². The van der Waals surface area contributed by atoms with Gasteiger partial charge in [-0.15, -0.1) is 5.10 Å². The predicted molar refractivity (Wildman–Crippen MR) is 66.4 cm³/mol. The number of nitriles is 1. The molecule has 86 valence electrons. The predicted octanol–water partition coefficient (Wildman–Crippen LogP) is 1.92. The Labute approximate surface area is 107 Å². The minimum atomic E-state index is -0.118. The molecule has 1 atom stereocenters. The van der Waals surface area contributed by atoms with E-state index in [-0.39, 0.29) is 11.9 Å². The molecule has 0 spiro atoms. The highest BCUT2D eigenvalue weighted by molar-refractivity contribution is 9.10. The number of nitrogens with zero attached hydrogens (tertiary/aromatic N) is 4. The van der Waals surface area contributed by atoms with Crippen molar-refractivity contribution in [1.82, 2.24) is 14.8 Å². The molecule has 0 aliphatic rings. The fraction of sp³-hybridized carbons (Fsp3) is 0.182. The van der Waals surface area contributed by atoms with Gasteiger partial charge in [0.15, 0.2) is 0 Å². The van der Waals surface area contributed by atoms with Crippen LogP contribution in [0.5, 0.6) is 0 Å². The van der Waals surface area contributed by atoms with Gasteiger partial charge in [-0.2, -0.15) is 5.26 Å². The van der Waals surface area contributed by atoms with Crippen LogP contribution in [0.1, 0.15) is 24.4 Å². The van der Waals surface area contributed by atoms with Crippen LogP contribution in [-0.2, 0) is 0 Å². The summed E-state index contributed by atoms with van der Waals surface area (Å²) in [4.78, 5) is 3.88. The first kappa shape index (κ1) is 11.8. The van der Waals surface area contributed by atoms with Gasteiger partial charge in [-0.3, -0.25) is 0 Å². The third-order valence-corrected chi connectivity index (χ3v) is 2.81. The molecule has 5 nitrogen and oxygen atoms in total. The highest BCUT2D eigenvalue weighted by Crippen LogP contribution is 2.23. The molecular weight excluding hydrogens is 282 g/mol. The summed E-state index contributed by atoms with van der Waals surface area (Å²) >= 11 is 3.40. The van der Waals surface area contributed by atoms with Crippen molar-refractivity contribution < 1.29 is 0 Å². The molecule has 0 amide bonds. The van der Waals surface area contributed by atoms with Crippen molar-refractivity contribution in [3.05, 3.63) is 40.4 Å². The molecule has 6 heteroatoms. The van der Waals surface area contributed by atoms with Crippen molar-refractivity contribution in [3.8, 4) is 11.8 Å². The number of nitrogens with two attached hydrogens (primary N) is 1. The minimum Gasteiger partial charge on any atom is -0.324 e. The van der Waals surface area contributed by atoms with Crippen molar-refractivity contribution in [2.24, 2.45) is 5.73 Å². The fourth-order valence-electron chi connectivity index (χ4n) is 1.53. The average Bonchev–Trinajstić information content (AvgIpc) is 2.76. The average molecular weight is 292 g/mol. The Morgan fingerprint density at radius 1 is 1.53 bits per heavy atom. The normalized spacial score (nSPS) is 12.1. The van der Waals surface area contributed by atoms with Gasteiger partial charge < -0.3 is 5.73 Å². The smallest absolute Gasteiger partial charge is 0.252 e. The summed E-state index contributed by atoms with van der Waals surface area (Å²) < 4.78 is 2.48. The Hall–Kier alpha value is -1.71. The molecule has 1 unspecified atom stereocenters. The molecule has 2 rings (SSSR count). The quantitative estimate of drug-likeness (QED) is 0.917. The van der Waals surface area contributed by atoms with E-state index in [2.05, 4.69) is 26.0 Å². The maximum atomic E-state index is 8.71. The van der Waals surface area contributed by atoms with Crippen LogP contribution in [0.2, 0.25) is 0 Å². The molecule has 17 heavy (non-hydrogen) atoms. The van der Waals surface area contributed by atoms with Gasteiger partial charge >= 0.3 is 0 Å². The van der Waals surface area contributed by atoms with E-state index in [1.165, 1.54) is 6.33 Å². The summed E-state index contributed by atoms with van der Waals surface area (Å²) in [6, 6.07) is 7.52. The Kier molecular flexibility index (Phi) is 3.22. The summed E-state index contributed by atoms with van der Waals surface area (Å²) in [6.45, 7) is 1.90. The lowest BCUT2D eigenvalue weighted by Crippen LogP contribution is -2.10. The van der Waals surface area contributed by atoms with Gasteiger partial charge in [-0.25, -0.2) is 9.67 Å². The van der Waals surface area contributed by atoms with Gasteiger partial charge in [0.25, 0.3) is 5.82 Å². The van der Waals surface area contributed by atoms with E-state index < -0.39 is 0 Å². The Morgan fingerprint density at radius 3 is 2.88 bits per heavy atom. The molecule has 0 fully saturated rings. The number of halogens is 1. The third-order valence-electron chi connectivity index (χ3n) is 2.32. The van der Waals surface area contributed by atoms with E-state index in [4.69, 9.17) is 11.0 Å². The lowest BCUT2D eigenvalue weighted by Gasteiger charge is -2.12. The van der Waals surface area contributed by atoms with Crippen molar-refractivity contribution in [3.63, 3.8) is 0 Å². The molecule has 0 saturated carbocycles. The van der Waals surface area contributed by atoms with Crippen LogP contribution in [-0.4, -0.2) is 14.8 Å². The lowest BCUT2D eigenvalue weighted by atomic mass is 10.1. The van der Waals surface area contributed by atoms with Crippen molar-refractivity contribution >= 4 is 15.9 Å². The number of hydrogen-bond acceptors (Lipinski definition) is 4. The zero-order valence-electron chi connectivity index (χ0n) is 9.13. The van der Waals surface area contributed by atoms with Crippen LogP contribution >= 0.6 is 15.9 Å². The van der Waals surface area contributed by atoms with Crippen LogP contribution in [0.25, 0.3) is 5.69 Å². The minimum absolute atomic E-state index is 0.118. The van der Waals surface area contributed by atoms with Crippen LogP contribution in [0.3, 0.4) is 0 Å². The largest absolute Gasteiger partial charge is 0.324 e. The summed E-state index contributed by atoms with van der Waals surface area (Å²) in [5.74, 6) is 0.139. The molecule has 0 aliphatic heterocycles. The first-order valence-corrected chi connectivity index (χ1v) is 5.78. The summed E-state index contributed by atoms with van der Waals surface area (Å²) in [7, 11) is 0. The summed E-state index contributed by atoms with van der Waals surface area (Å²) in [6.07, 6.45) is 1.51. The van der Waals surface area contributed by atoms with E-state index in [0.717, 1.165) is 15.7 Å². The molecule has 1 aromatic carbocycles. The molecule has 0 aliphatic carbocycles. The van der Waals surface area contributed by atoms with Gasteiger partial charge in [0.1, 0.15) is 12.4 Å². The number of rotatable bonds is 2. The summed E-state index contributed by atoms with van der Waals surface area (Å²) in [5, 5.41) is 12.8. The molecule has 0 bridgehead atoms. The maximum absolute atomic E-state index is 8.71. The van der Waals surface area contributed by atoms with E-state index in [1.807, 2.05) is 31.2 Å². The second kappa shape index (κ2) is 4.65. The third kappa shape index (κ3) is 2.35. The monoisotopic (exact) mass is 291 g/mol. The van der Waals surface area contributed by atoms with Crippen LogP contribution in [0.15, 0.2) is 29.0 Å². The molecule has 1 aromatic heterocycles. The first-order chi connectivity index (χ1) is 8.11. The Morgan fingerprint density at radius 2 is 2.29 bits per heavy atom. The highest BCUT2D eigenvalue weighted by Gasteiger charge is 2.11. The van der Waals surface area contributed by atoms with Crippen LogP contribution < -0.4 is 5.73 Å². The van der Waals surface area contributed by atoms with Gasteiger partial charge in [0.05, 0.1) is 5.69 Å². The molecular formula is C11H10BrN5. The van der Waals surface area contributed by atoms with Crippen molar-refractivity contribution in [2.75, 3.05) is 0 Å². The number of benzene rings is 1. The lowest BCUT2D eigenvalue weighted by molar-refractivity contribution is 0.778. The number of hydrogen-bond donors (Lipinski definition) is 1. The highest BCUT2D eigenvalue weighted by atomic mass is 79.9. The zero-order chi connectivity index (χ0) is 12.4. The van der Waals surface area contributed by atoms with Crippen LogP contribution in [0, 0.1) is 11.3 Å². The van der Waals surface area contributed by atoms with Gasteiger partial charge in [-0.1, -0.05) is 22.0 Å². The molecule has 2 aromatic rings. The van der Waals surface area contributed by atoms with Gasteiger partial charge in [-0.05, 0) is 24.6 Å². The second-order valence-electron chi connectivity index (χ2n) is 3.62. The molecule has 0 saturated heterocycles. The molecule has 1 heterocycles. The van der Waals surface area contributed by atoms with E-state index in [9.17, 15) is 0 Å². The van der Waals surface area contributed by atoms with E-state index in [1.54, 1.807) is 4.68 Å². The summed E-state index contributed by atoms with van der Waals surface area (Å²) in [5.41, 5.74) is 7.67. The maximum Gasteiger partial charge on any atom is 0.252 e.